The molecule has 90 valence electrons. The highest BCUT2D eigenvalue weighted by atomic mass is 35.5. The molecule has 1 unspecified atom stereocenters. The summed E-state index contributed by atoms with van der Waals surface area (Å²) >= 11 is 5.67. The van der Waals surface area contributed by atoms with Crippen LogP contribution < -0.4 is 0 Å². The summed E-state index contributed by atoms with van der Waals surface area (Å²) in [7, 11) is 0. The van der Waals surface area contributed by atoms with Crippen molar-refractivity contribution >= 4 is 11.6 Å². The predicted molar refractivity (Wildman–Crippen MR) is 61.3 cm³/mol. The molecule has 1 aromatic rings. The molecule has 0 aliphatic carbocycles. The quantitative estimate of drug-likeness (QED) is 0.815. The number of rotatable bonds is 3. The summed E-state index contributed by atoms with van der Waals surface area (Å²) in [6.45, 7) is 6.92. The summed E-state index contributed by atoms with van der Waals surface area (Å²) in [6, 6.07) is 0.526. The number of nitrogens with one attached hydrogen (secondary N) is 1. The second-order valence-corrected chi connectivity index (χ2v) is 4.49. The molecule has 0 saturated carbocycles. The highest BCUT2D eigenvalue weighted by molar-refractivity contribution is 6.16. The molecule has 1 fully saturated rings. The van der Waals surface area contributed by atoms with Crippen LogP contribution in [0.15, 0.2) is 0 Å². The number of alkyl halides is 1. The van der Waals surface area contributed by atoms with Crippen molar-refractivity contribution in [3.63, 3.8) is 0 Å². The van der Waals surface area contributed by atoms with Crippen LogP contribution in [0.1, 0.15) is 31.6 Å². The minimum atomic E-state index is -0.0376. The van der Waals surface area contributed by atoms with E-state index in [1.54, 1.807) is 0 Å². The molecule has 1 aliphatic rings. The fourth-order valence-corrected chi connectivity index (χ4v) is 1.93. The highest BCUT2D eigenvalue weighted by Gasteiger charge is 2.26. The van der Waals surface area contributed by atoms with E-state index in [4.69, 9.17) is 16.3 Å². The van der Waals surface area contributed by atoms with E-state index in [2.05, 4.69) is 33.9 Å². The first kappa shape index (κ1) is 11.8. The lowest BCUT2D eigenvalue weighted by Gasteiger charge is -2.34. The van der Waals surface area contributed by atoms with Crippen LogP contribution in [0, 0.1) is 0 Å². The Morgan fingerprint density at radius 2 is 2.44 bits per heavy atom. The Labute approximate surface area is 100 Å². The van der Waals surface area contributed by atoms with Crippen LogP contribution in [0.25, 0.3) is 0 Å². The third-order valence-electron chi connectivity index (χ3n) is 2.79. The molecule has 1 saturated heterocycles. The van der Waals surface area contributed by atoms with Gasteiger partial charge in [0.2, 0.25) is 0 Å². The lowest BCUT2D eigenvalue weighted by atomic mass is 10.2. The normalized spacial score (nSPS) is 22.9. The van der Waals surface area contributed by atoms with E-state index in [1.807, 2.05) is 0 Å². The summed E-state index contributed by atoms with van der Waals surface area (Å²) in [4.78, 5) is 6.66. The van der Waals surface area contributed by atoms with Crippen molar-refractivity contribution in [2.75, 3.05) is 19.7 Å². The van der Waals surface area contributed by atoms with E-state index in [-0.39, 0.29) is 6.10 Å². The average Bonchev–Trinajstić information content (AvgIpc) is 2.77. The lowest BCUT2D eigenvalue weighted by molar-refractivity contribution is -0.0441. The van der Waals surface area contributed by atoms with Crippen molar-refractivity contribution in [1.82, 2.24) is 20.1 Å². The van der Waals surface area contributed by atoms with Crippen molar-refractivity contribution in [3.05, 3.63) is 11.6 Å². The van der Waals surface area contributed by atoms with Crippen LogP contribution in [0.2, 0.25) is 0 Å². The number of aromatic amines is 1. The molecule has 1 aromatic heterocycles. The molecular weight excluding hydrogens is 228 g/mol. The Kier molecular flexibility index (Phi) is 3.78. The van der Waals surface area contributed by atoms with E-state index >= 15 is 0 Å². The molecule has 0 bridgehead atoms. The van der Waals surface area contributed by atoms with Crippen molar-refractivity contribution in [1.29, 1.82) is 0 Å². The SMILES string of the molecule is CC(C)N1CCOC(c2n[nH]c(CCl)n2)C1. The fraction of sp³-hybridized carbons (Fsp3) is 0.800. The van der Waals surface area contributed by atoms with Gasteiger partial charge in [-0.2, -0.15) is 5.10 Å². The van der Waals surface area contributed by atoms with Crippen LogP contribution in [-0.4, -0.2) is 45.8 Å². The second kappa shape index (κ2) is 5.12. The number of H-pyrrole nitrogens is 1. The number of morpholine rings is 1. The van der Waals surface area contributed by atoms with Crippen LogP contribution in [0.4, 0.5) is 0 Å². The Morgan fingerprint density at radius 3 is 3.06 bits per heavy atom. The molecule has 1 atom stereocenters. The summed E-state index contributed by atoms with van der Waals surface area (Å²) in [5.41, 5.74) is 0. The van der Waals surface area contributed by atoms with Gasteiger partial charge in [-0.05, 0) is 13.8 Å². The standard InChI is InChI=1S/C10H17ClN4O/c1-7(2)15-3-4-16-8(6-15)10-12-9(5-11)13-14-10/h7-8H,3-6H2,1-2H3,(H,12,13,14). The zero-order valence-corrected chi connectivity index (χ0v) is 10.4. The lowest BCUT2D eigenvalue weighted by Crippen LogP contribution is -2.42. The molecule has 16 heavy (non-hydrogen) atoms. The molecule has 5 nitrogen and oxygen atoms in total. The van der Waals surface area contributed by atoms with Crippen molar-refractivity contribution in [3.8, 4) is 0 Å². The monoisotopic (exact) mass is 244 g/mol. The first-order chi connectivity index (χ1) is 7.70. The summed E-state index contributed by atoms with van der Waals surface area (Å²) in [6.07, 6.45) is -0.0376. The van der Waals surface area contributed by atoms with E-state index in [9.17, 15) is 0 Å². The van der Waals surface area contributed by atoms with Crippen LogP contribution in [-0.2, 0) is 10.6 Å². The minimum absolute atomic E-state index is 0.0376. The number of halogens is 1. The van der Waals surface area contributed by atoms with Gasteiger partial charge in [-0.15, -0.1) is 11.6 Å². The van der Waals surface area contributed by atoms with Crippen LogP contribution >= 0.6 is 11.6 Å². The number of aromatic nitrogens is 3. The molecule has 2 rings (SSSR count). The van der Waals surface area contributed by atoms with Crippen LogP contribution in [0.3, 0.4) is 0 Å². The van der Waals surface area contributed by atoms with Gasteiger partial charge in [-0.25, -0.2) is 4.98 Å². The first-order valence-electron chi connectivity index (χ1n) is 5.53. The van der Waals surface area contributed by atoms with E-state index in [0.29, 0.717) is 23.6 Å². The van der Waals surface area contributed by atoms with Crippen molar-refractivity contribution in [2.45, 2.75) is 31.9 Å². The maximum Gasteiger partial charge on any atom is 0.180 e. The highest BCUT2D eigenvalue weighted by Crippen LogP contribution is 2.20. The molecular formula is C10H17ClN4O. The third-order valence-corrected chi connectivity index (χ3v) is 3.04. The summed E-state index contributed by atoms with van der Waals surface area (Å²) in [5, 5.41) is 6.94. The second-order valence-electron chi connectivity index (χ2n) is 4.22. The molecule has 1 N–H and O–H groups in total. The zero-order chi connectivity index (χ0) is 11.5. The van der Waals surface area contributed by atoms with Crippen molar-refractivity contribution < 1.29 is 4.74 Å². The van der Waals surface area contributed by atoms with Crippen LogP contribution in [0.5, 0.6) is 0 Å². The topological polar surface area (TPSA) is 54.0 Å². The van der Waals surface area contributed by atoms with Gasteiger partial charge < -0.3 is 4.74 Å². The van der Waals surface area contributed by atoms with E-state index < -0.39 is 0 Å². The largest absolute Gasteiger partial charge is 0.367 e. The van der Waals surface area contributed by atoms with Gasteiger partial charge in [-0.3, -0.25) is 10.00 Å². The fourth-order valence-electron chi connectivity index (χ4n) is 1.81. The Balaban J connectivity index is 2.03. The van der Waals surface area contributed by atoms with Gasteiger partial charge in [0.05, 0.1) is 12.5 Å². The molecule has 0 radical (unpaired) electrons. The molecule has 0 amide bonds. The summed E-state index contributed by atoms with van der Waals surface area (Å²) in [5.74, 6) is 1.76. The predicted octanol–water partition coefficient (Wildman–Crippen LogP) is 1.33. The molecule has 2 heterocycles. The Hall–Kier alpha value is -0.650. The van der Waals surface area contributed by atoms with Gasteiger partial charge in [0, 0.05) is 19.1 Å². The van der Waals surface area contributed by atoms with Gasteiger partial charge in [0.1, 0.15) is 11.9 Å². The van der Waals surface area contributed by atoms with Gasteiger partial charge in [0.25, 0.3) is 0 Å². The molecule has 6 heteroatoms. The Bertz CT molecular complexity index is 341. The number of nitrogens with zero attached hydrogens (tertiary/aromatic N) is 3. The molecule has 0 spiro atoms. The maximum absolute atomic E-state index is 5.67. The Morgan fingerprint density at radius 1 is 1.62 bits per heavy atom. The number of ether oxygens (including phenoxy) is 1. The van der Waals surface area contributed by atoms with E-state index in [1.165, 1.54) is 0 Å². The molecule has 0 aromatic carbocycles. The average molecular weight is 245 g/mol. The maximum atomic E-state index is 5.67. The zero-order valence-electron chi connectivity index (χ0n) is 9.61. The van der Waals surface area contributed by atoms with Gasteiger partial charge in [-0.1, -0.05) is 0 Å². The summed E-state index contributed by atoms with van der Waals surface area (Å²) < 4.78 is 5.67. The third kappa shape index (κ3) is 2.53. The van der Waals surface area contributed by atoms with Gasteiger partial charge >= 0.3 is 0 Å². The molecule has 1 aliphatic heterocycles. The number of hydrogen-bond acceptors (Lipinski definition) is 4. The first-order valence-corrected chi connectivity index (χ1v) is 6.07. The van der Waals surface area contributed by atoms with Gasteiger partial charge in [0.15, 0.2) is 5.82 Å². The van der Waals surface area contributed by atoms with Crippen molar-refractivity contribution in [2.24, 2.45) is 0 Å². The van der Waals surface area contributed by atoms with E-state index in [0.717, 1.165) is 19.7 Å². The minimum Gasteiger partial charge on any atom is -0.367 e. The number of hydrogen-bond donors (Lipinski definition) is 1. The smallest absolute Gasteiger partial charge is 0.180 e.